The molecule has 4 heteroatoms. The molecule has 1 aromatic rings. The van der Waals surface area contributed by atoms with Crippen LogP contribution in [0.15, 0.2) is 18.2 Å². The summed E-state index contributed by atoms with van der Waals surface area (Å²) in [7, 11) is 0. The Morgan fingerprint density at radius 1 is 1.46 bits per heavy atom. The average molecular weight is 201 g/mol. The lowest BCUT2D eigenvalue weighted by Gasteiger charge is -2.13. The van der Waals surface area contributed by atoms with Crippen LogP contribution in [0.1, 0.15) is 18.0 Å². The van der Waals surface area contributed by atoms with Gasteiger partial charge in [-0.1, -0.05) is 23.7 Å². The van der Waals surface area contributed by atoms with E-state index in [2.05, 4.69) is 0 Å². The number of aliphatic hydroxyl groups is 1. The number of hydrogen-bond donors (Lipinski definition) is 3. The monoisotopic (exact) mass is 200 g/mol. The SMILES string of the molecule is Nc1c(Cl)cccc1C(N)CCO. The Bertz CT molecular complexity index is 291. The van der Waals surface area contributed by atoms with Crippen molar-refractivity contribution in [3.8, 4) is 0 Å². The van der Waals surface area contributed by atoms with Crippen LogP contribution in [-0.2, 0) is 0 Å². The molecule has 0 heterocycles. The van der Waals surface area contributed by atoms with Crippen LogP contribution < -0.4 is 11.5 Å². The van der Waals surface area contributed by atoms with Gasteiger partial charge in [0.2, 0.25) is 0 Å². The molecule has 0 amide bonds. The molecule has 1 unspecified atom stereocenters. The summed E-state index contributed by atoms with van der Waals surface area (Å²) in [5.41, 5.74) is 12.8. The van der Waals surface area contributed by atoms with Crippen LogP contribution in [0, 0.1) is 0 Å². The van der Waals surface area contributed by atoms with Gasteiger partial charge in [0, 0.05) is 12.6 Å². The van der Waals surface area contributed by atoms with Crippen molar-refractivity contribution < 1.29 is 5.11 Å². The standard InChI is InChI=1S/C9H13ClN2O/c10-7-3-1-2-6(9(7)12)8(11)4-5-13/h1-3,8,13H,4-5,11-12H2. The van der Waals surface area contributed by atoms with Gasteiger partial charge in [-0.15, -0.1) is 0 Å². The molecule has 3 nitrogen and oxygen atoms in total. The highest BCUT2D eigenvalue weighted by Crippen LogP contribution is 2.27. The van der Waals surface area contributed by atoms with Gasteiger partial charge in [-0.3, -0.25) is 0 Å². The van der Waals surface area contributed by atoms with Crippen LogP contribution in [0.25, 0.3) is 0 Å². The number of rotatable bonds is 3. The van der Waals surface area contributed by atoms with Gasteiger partial charge in [0.05, 0.1) is 10.7 Å². The molecule has 0 bridgehead atoms. The van der Waals surface area contributed by atoms with Gasteiger partial charge in [-0.2, -0.15) is 0 Å². The average Bonchev–Trinajstić information content (AvgIpc) is 2.10. The maximum atomic E-state index is 8.70. The summed E-state index contributed by atoms with van der Waals surface area (Å²) in [5.74, 6) is 0. The molecule has 72 valence electrons. The minimum absolute atomic E-state index is 0.0487. The van der Waals surface area contributed by atoms with E-state index in [1.54, 1.807) is 12.1 Å². The summed E-state index contributed by atoms with van der Waals surface area (Å²) >= 11 is 5.82. The van der Waals surface area contributed by atoms with Crippen molar-refractivity contribution in [1.29, 1.82) is 0 Å². The number of aliphatic hydroxyl groups excluding tert-OH is 1. The van der Waals surface area contributed by atoms with E-state index in [4.69, 9.17) is 28.2 Å². The van der Waals surface area contributed by atoms with E-state index in [9.17, 15) is 0 Å². The van der Waals surface area contributed by atoms with Crippen molar-refractivity contribution >= 4 is 17.3 Å². The third kappa shape index (κ3) is 2.34. The number of para-hydroxylation sites is 1. The molecule has 1 aromatic carbocycles. The molecule has 13 heavy (non-hydrogen) atoms. The van der Waals surface area contributed by atoms with E-state index in [1.807, 2.05) is 6.07 Å². The number of anilines is 1. The molecule has 0 fully saturated rings. The Balaban J connectivity index is 2.93. The normalized spacial score (nSPS) is 12.8. The molecule has 0 spiro atoms. The van der Waals surface area contributed by atoms with Crippen LogP contribution >= 0.6 is 11.6 Å². The van der Waals surface area contributed by atoms with Crippen LogP contribution in [0.3, 0.4) is 0 Å². The molecular formula is C9H13ClN2O. The summed E-state index contributed by atoms with van der Waals surface area (Å²) in [4.78, 5) is 0. The Hall–Kier alpha value is -0.770. The van der Waals surface area contributed by atoms with Gasteiger partial charge in [-0.25, -0.2) is 0 Å². The van der Waals surface area contributed by atoms with Crippen molar-refractivity contribution in [2.24, 2.45) is 5.73 Å². The number of benzene rings is 1. The van der Waals surface area contributed by atoms with E-state index in [0.29, 0.717) is 17.1 Å². The van der Waals surface area contributed by atoms with Crippen molar-refractivity contribution in [2.45, 2.75) is 12.5 Å². The largest absolute Gasteiger partial charge is 0.397 e. The molecule has 0 aliphatic carbocycles. The first-order valence-corrected chi connectivity index (χ1v) is 4.45. The predicted molar refractivity (Wildman–Crippen MR) is 54.5 cm³/mol. The Kier molecular flexibility index (Phi) is 3.54. The van der Waals surface area contributed by atoms with Gasteiger partial charge >= 0.3 is 0 Å². The highest BCUT2D eigenvalue weighted by Gasteiger charge is 2.10. The van der Waals surface area contributed by atoms with Gasteiger partial charge < -0.3 is 16.6 Å². The second-order valence-corrected chi connectivity index (χ2v) is 3.27. The molecule has 0 radical (unpaired) electrons. The van der Waals surface area contributed by atoms with E-state index >= 15 is 0 Å². The van der Waals surface area contributed by atoms with Crippen LogP contribution in [0.4, 0.5) is 5.69 Å². The lowest BCUT2D eigenvalue weighted by Crippen LogP contribution is -2.14. The van der Waals surface area contributed by atoms with Gasteiger partial charge in [0.15, 0.2) is 0 Å². The Labute approximate surface area is 82.3 Å². The minimum Gasteiger partial charge on any atom is -0.397 e. The fourth-order valence-electron chi connectivity index (χ4n) is 1.17. The Morgan fingerprint density at radius 3 is 2.77 bits per heavy atom. The zero-order chi connectivity index (χ0) is 9.84. The molecule has 0 aliphatic heterocycles. The molecule has 0 saturated carbocycles. The van der Waals surface area contributed by atoms with Gasteiger partial charge in [0.25, 0.3) is 0 Å². The van der Waals surface area contributed by atoms with Gasteiger partial charge in [-0.05, 0) is 18.1 Å². The van der Waals surface area contributed by atoms with Crippen molar-refractivity contribution in [2.75, 3.05) is 12.3 Å². The van der Waals surface area contributed by atoms with E-state index in [0.717, 1.165) is 5.56 Å². The first-order chi connectivity index (χ1) is 6.16. The van der Waals surface area contributed by atoms with Crippen LogP contribution in [0.5, 0.6) is 0 Å². The molecule has 1 atom stereocenters. The highest BCUT2D eigenvalue weighted by atomic mass is 35.5. The molecule has 0 aromatic heterocycles. The first kappa shape index (κ1) is 10.3. The predicted octanol–water partition coefficient (Wildman–Crippen LogP) is 1.30. The Morgan fingerprint density at radius 2 is 2.15 bits per heavy atom. The van der Waals surface area contributed by atoms with Crippen molar-refractivity contribution in [3.63, 3.8) is 0 Å². The first-order valence-electron chi connectivity index (χ1n) is 4.07. The van der Waals surface area contributed by atoms with Crippen molar-refractivity contribution in [3.05, 3.63) is 28.8 Å². The summed E-state index contributed by atoms with van der Waals surface area (Å²) in [6.07, 6.45) is 0.491. The zero-order valence-electron chi connectivity index (χ0n) is 7.20. The molecule has 1 rings (SSSR count). The lowest BCUT2D eigenvalue weighted by atomic mass is 10.0. The second-order valence-electron chi connectivity index (χ2n) is 2.86. The molecular weight excluding hydrogens is 188 g/mol. The summed E-state index contributed by atoms with van der Waals surface area (Å²) in [6.45, 7) is 0.0487. The smallest absolute Gasteiger partial charge is 0.0638 e. The quantitative estimate of drug-likeness (QED) is 0.645. The topological polar surface area (TPSA) is 72.3 Å². The third-order valence-corrected chi connectivity index (χ3v) is 2.26. The van der Waals surface area contributed by atoms with Crippen LogP contribution in [0.2, 0.25) is 5.02 Å². The van der Waals surface area contributed by atoms with E-state index in [1.165, 1.54) is 0 Å². The second kappa shape index (κ2) is 4.46. The van der Waals surface area contributed by atoms with Crippen LogP contribution in [-0.4, -0.2) is 11.7 Å². The number of hydrogen-bond acceptors (Lipinski definition) is 3. The molecule has 5 N–H and O–H groups in total. The summed E-state index contributed by atoms with van der Waals surface area (Å²) in [5, 5.41) is 9.21. The zero-order valence-corrected chi connectivity index (χ0v) is 7.96. The van der Waals surface area contributed by atoms with Crippen molar-refractivity contribution in [1.82, 2.24) is 0 Å². The van der Waals surface area contributed by atoms with Gasteiger partial charge in [0.1, 0.15) is 0 Å². The highest BCUT2D eigenvalue weighted by molar-refractivity contribution is 6.33. The summed E-state index contributed by atoms with van der Waals surface area (Å²) < 4.78 is 0. The minimum atomic E-state index is -0.247. The molecule has 0 aliphatic rings. The number of nitrogen functional groups attached to an aromatic ring is 1. The lowest BCUT2D eigenvalue weighted by molar-refractivity contribution is 0.276. The maximum absolute atomic E-state index is 8.70. The fraction of sp³-hybridized carbons (Fsp3) is 0.333. The maximum Gasteiger partial charge on any atom is 0.0638 e. The number of nitrogens with two attached hydrogens (primary N) is 2. The van der Waals surface area contributed by atoms with E-state index < -0.39 is 0 Å². The molecule has 0 saturated heterocycles. The van der Waals surface area contributed by atoms with E-state index in [-0.39, 0.29) is 12.6 Å². The fourth-order valence-corrected chi connectivity index (χ4v) is 1.35. The number of halogens is 1. The summed E-state index contributed by atoms with van der Waals surface area (Å²) in [6, 6.07) is 5.09. The third-order valence-electron chi connectivity index (χ3n) is 1.93.